The Kier molecular flexibility index (Phi) is 3.32. The van der Waals surface area contributed by atoms with Gasteiger partial charge in [0.2, 0.25) is 0 Å². The van der Waals surface area contributed by atoms with Crippen molar-refractivity contribution in [3.8, 4) is 11.4 Å². The minimum Gasteiger partial charge on any atom is -0.468 e. The normalized spacial score (nSPS) is 14.1. The molecule has 0 aliphatic heterocycles. The standard InChI is InChI=1S/C13H15N5O2/c1-20-12(19)8-14-10-4-2-9(3-5-10)13-15-16-17-18(13)11-6-7-11/h2-5,11,14H,6-8H2,1H3. The first-order valence-electron chi connectivity index (χ1n) is 6.47. The van der Waals surface area contributed by atoms with Gasteiger partial charge in [-0.05, 0) is 47.5 Å². The van der Waals surface area contributed by atoms with Gasteiger partial charge in [0.25, 0.3) is 0 Å². The average molecular weight is 273 g/mol. The van der Waals surface area contributed by atoms with Crippen molar-refractivity contribution in [2.75, 3.05) is 19.0 Å². The summed E-state index contributed by atoms with van der Waals surface area (Å²) >= 11 is 0. The van der Waals surface area contributed by atoms with E-state index >= 15 is 0 Å². The molecule has 2 aromatic rings. The van der Waals surface area contributed by atoms with E-state index in [-0.39, 0.29) is 12.5 Å². The van der Waals surface area contributed by atoms with E-state index in [9.17, 15) is 4.79 Å². The summed E-state index contributed by atoms with van der Waals surface area (Å²) in [4.78, 5) is 11.1. The molecule has 1 N–H and O–H groups in total. The zero-order chi connectivity index (χ0) is 13.9. The smallest absolute Gasteiger partial charge is 0.325 e. The van der Waals surface area contributed by atoms with E-state index in [0.717, 1.165) is 29.9 Å². The topological polar surface area (TPSA) is 81.9 Å². The molecular weight excluding hydrogens is 258 g/mol. The summed E-state index contributed by atoms with van der Waals surface area (Å²) < 4.78 is 6.44. The Morgan fingerprint density at radius 3 is 2.80 bits per heavy atom. The van der Waals surface area contributed by atoms with Gasteiger partial charge in [0.1, 0.15) is 6.54 Å². The zero-order valence-corrected chi connectivity index (χ0v) is 11.1. The number of aromatic nitrogens is 4. The van der Waals surface area contributed by atoms with Gasteiger partial charge < -0.3 is 10.1 Å². The van der Waals surface area contributed by atoms with Crippen molar-refractivity contribution in [3.63, 3.8) is 0 Å². The van der Waals surface area contributed by atoms with Crippen molar-refractivity contribution >= 4 is 11.7 Å². The summed E-state index contributed by atoms with van der Waals surface area (Å²) in [7, 11) is 1.37. The lowest BCUT2D eigenvalue weighted by atomic mass is 10.2. The van der Waals surface area contributed by atoms with E-state index in [0.29, 0.717) is 6.04 Å². The summed E-state index contributed by atoms with van der Waals surface area (Å²) in [5.41, 5.74) is 1.81. The molecule has 0 atom stereocenters. The maximum absolute atomic E-state index is 11.1. The largest absolute Gasteiger partial charge is 0.468 e. The lowest BCUT2D eigenvalue weighted by molar-refractivity contribution is -0.138. The van der Waals surface area contributed by atoms with E-state index in [1.54, 1.807) is 0 Å². The molecule has 1 aliphatic carbocycles. The second-order valence-corrected chi connectivity index (χ2v) is 4.69. The number of carbonyl (C=O) groups is 1. The third-order valence-electron chi connectivity index (χ3n) is 3.19. The maximum Gasteiger partial charge on any atom is 0.325 e. The van der Waals surface area contributed by atoms with Crippen LogP contribution in [0.5, 0.6) is 0 Å². The summed E-state index contributed by atoms with van der Waals surface area (Å²) in [5.74, 6) is 0.485. The van der Waals surface area contributed by atoms with Crippen molar-refractivity contribution in [2.45, 2.75) is 18.9 Å². The molecule has 1 aromatic heterocycles. The number of rotatable bonds is 5. The van der Waals surface area contributed by atoms with Crippen molar-refractivity contribution in [2.24, 2.45) is 0 Å². The van der Waals surface area contributed by atoms with Crippen LogP contribution in [0, 0.1) is 0 Å². The first-order chi connectivity index (χ1) is 9.78. The number of nitrogens with one attached hydrogen (secondary N) is 1. The van der Waals surface area contributed by atoms with Gasteiger partial charge >= 0.3 is 5.97 Å². The fourth-order valence-electron chi connectivity index (χ4n) is 1.93. The molecule has 0 radical (unpaired) electrons. The van der Waals surface area contributed by atoms with Gasteiger partial charge in [-0.2, -0.15) is 0 Å². The minimum atomic E-state index is -0.299. The fourth-order valence-corrected chi connectivity index (χ4v) is 1.93. The molecule has 7 heteroatoms. The van der Waals surface area contributed by atoms with Crippen LogP contribution in [0.15, 0.2) is 24.3 Å². The first kappa shape index (κ1) is 12.6. The van der Waals surface area contributed by atoms with Gasteiger partial charge in [-0.25, -0.2) is 4.68 Å². The predicted molar refractivity (Wildman–Crippen MR) is 72.0 cm³/mol. The number of anilines is 1. The zero-order valence-electron chi connectivity index (χ0n) is 11.1. The van der Waals surface area contributed by atoms with E-state index in [1.165, 1.54) is 7.11 Å². The van der Waals surface area contributed by atoms with Crippen LogP contribution in [0.3, 0.4) is 0 Å². The molecule has 0 saturated heterocycles. The number of nitrogens with zero attached hydrogens (tertiary/aromatic N) is 4. The van der Waals surface area contributed by atoms with Crippen LogP contribution in [0.25, 0.3) is 11.4 Å². The maximum atomic E-state index is 11.1. The number of tetrazole rings is 1. The highest BCUT2D eigenvalue weighted by Gasteiger charge is 2.28. The molecule has 1 fully saturated rings. The van der Waals surface area contributed by atoms with Crippen LogP contribution in [0.2, 0.25) is 0 Å². The third kappa shape index (κ3) is 2.61. The molecule has 0 unspecified atom stereocenters. The molecule has 0 spiro atoms. The average Bonchev–Trinajstić information content (AvgIpc) is 3.22. The van der Waals surface area contributed by atoms with Crippen LogP contribution in [0.4, 0.5) is 5.69 Å². The molecule has 1 heterocycles. The molecule has 104 valence electrons. The molecule has 0 bridgehead atoms. The summed E-state index contributed by atoms with van der Waals surface area (Å²) in [6, 6.07) is 8.10. The second-order valence-electron chi connectivity index (χ2n) is 4.69. The summed E-state index contributed by atoms with van der Waals surface area (Å²) in [5, 5.41) is 14.8. The fraction of sp³-hybridized carbons (Fsp3) is 0.385. The van der Waals surface area contributed by atoms with Gasteiger partial charge in [0, 0.05) is 11.3 Å². The Bertz CT molecular complexity index is 603. The van der Waals surface area contributed by atoms with Gasteiger partial charge in [-0.15, -0.1) is 5.10 Å². The Morgan fingerprint density at radius 1 is 1.40 bits per heavy atom. The van der Waals surface area contributed by atoms with Crippen LogP contribution in [0.1, 0.15) is 18.9 Å². The highest BCUT2D eigenvalue weighted by Crippen LogP contribution is 2.36. The minimum absolute atomic E-state index is 0.148. The SMILES string of the molecule is COC(=O)CNc1ccc(-c2nnnn2C2CC2)cc1. The quantitative estimate of drug-likeness (QED) is 0.826. The number of ether oxygens (including phenoxy) is 1. The molecule has 7 nitrogen and oxygen atoms in total. The number of carbonyl (C=O) groups excluding carboxylic acids is 1. The van der Waals surface area contributed by atoms with Crippen molar-refractivity contribution in [3.05, 3.63) is 24.3 Å². The summed E-state index contributed by atoms with van der Waals surface area (Å²) in [6.07, 6.45) is 2.27. The number of methoxy groups -OCH3 is 1. The predicted octanol–water partition coefficient (Wildman–Crippen LogP) is 1.26. The Hall–Kier alpha value is -2.44. The lowest BCUT2D eigenvalue weighted by Crippen LogP contribution is -2.14. The van der Waals surface area contributed by atoms with Gasteiger partial charge in [-0.3, -0.25) is 4.79 Å². The second kappa shape index (κ2) is 5.28. The van der Waals surface area contributed by atoms with Gasteiger partial charge in [-0.1, -0.05) is 0 Å². The third-order valence-corrected chi connectivity index (χ3v) is 3.19. The Labute approximate surface area is 115 Å². The van der Waals surface area contributed by atoms with Gasteiger partial charge in [0.15, 0.2) is 5.82 Å². The molecule has 1 aromatic carbocycles. The molecular formula is C13H15N5O2. The van der Waals surface area contributed by atoms with E-state index < -0.39 is 0 Å². The molecule has 3 rings (SSSR count). The van der Waals surface area contributed by atoms with Gasteiger partial charge in [0.05, 0.1) is 13.2 Å². The number of esters is 1. The monoisotopic (exact) mass is 273 g/mol. The summed E-state index contributed by atoms with van der Waals surface area (Å²) in [6.45, 7) is 0.148. The highest BCUT2D eigenvalue weighted by atomic mass is 16.5. The number of benzene rings is 1. The van der Waals surface area contributed by atoms with E-state index in [1.807, 2.05) is 28.9 Å². The molecule has 1 aliphatic rings. The van der Waals surface area contributed by atoms with E-state index in [4.69, 9.17) is 0 Å². The highest BCUT2D eigenvalue weighted by molar-refractivity contribution is 5.75. The molecule has 1 saturated carbocycles. The number of hydrogen-bond donors (Lipinski definition) is 1. The lowest BCUT2D eigenvalue weighted by Gasteiger charge is -2.06. The molecule has 0 amide bonds. The van der Waals surface area contributed by atoms with Crippen molar-refractivity contribution in [1.82, 2.24) is 20.2 Å². The van der Waals surface area contributed by atoms with Crippen LogP contribution >= 0.6 is 0 Å². The van der Waals surface area contributed by atoms with Crippen molar-refractivity contribution in [1.29, 1.82) is 0 Å². The van der Waals surface area contributed by atoms with Crippen LogP contribution in [-0.4, -0.2) is 39.8 Å². The van der Waals surface area contributed by atoms with Crippen LogP contribution in [-0.2, 0) is 9.53 Å². The van der Waals surface area contributed by atoms with E-state index in [2.05, 4.69) is 25.6 Å². The first-order valence-corrected chi connectivity index (χ1v) is 6.47. The van der Waals surface area contributed by atoms with Crippen molar-refractivity contribution < 1.29 is 9.53 Å². The van der Waals surface area contributed by atoms with Crippen LogP contribution < -0.4 is 5.32 Å². The molecule has 20 heavy (non-hydrogen) atoms. The Morgan fingerprint density at radius 2 is 2.15 bits per heavy atom. The Balaban J connectivity index is 1.72. The number of hydrogen-bond acceptors (Lipinski definition) is 6.